The third-order valence-electron chi connectivity index (χ3n) is 2.67. The smallest absolute Gasteiger partial charge is 0.161 e. The average Bonchev–Trinajstić information content (AvgIpc) is 2.61. The zero-order chi connectivity index (χ0) is 9.54. The highest BCUT2D eigenvalue weighted by atomic mass is 16.5. The molecule has 0 aromatic heterocycles. The predicted molar refractivity (Wildman–Crippen MR) is 57.8 cm³/mol. The van der Waals surface area contributed by atoms with Crippen LogP contribution in [0, 0.1) is 0 Å². The van der Waals surface area contributed by atoms with Crippen LogP contribution in [0.25, 0.3) is 10.8 Å². The highest BCUT2D eigenvalue weighted by molar-refractivity contribution is 5.94. The molecule has 0 atom stereocenters. The molecule has 0 radical (unpaired) electrons. The fourth-order valence-corrected chi connectivity index (χ4v) is 1.91. The number of fused-ring (bicyclic) bond motifs is 3. The second-order valence-electron chi connectivity index (χ2n) is 3.61. The number of anilines is 1. The Morgan fingerprint density at radius 1 is 1.14 bits per heavy atom. The summed E-state index contributed by atoms with van der Waals surface area (Å²) < 4.78 is 5.65. The molecule has 2 nitrogen and oxygen atoms in total. The Bertz CT molecular complexity index is 493. The summed E-state index contributed by atoms with van der Waals surface area (Å²) in [6, 6.07) is 12.6. The van der Waals surface area contributed by atoms with Crippen molar-refractivity contribution in [1.29, 1.82) is 0 Å². The molecule has 1 aliphatic rings. The monoisotopic (exact) mass is 185 g/mol. The van der Waals surface area contributed by atoms with Gasteiger partial charge in [0.25, 0.3) is 0 Å². The molecule has 70 valence electrons. The van der Waals surface area contributed by atoms with Crippen molar-refractivity contribution in [1.82, 2.24) is 0 Å². The molecular formula is C12H11NO. The highest BCUT2D eigenvalue weighted by Gasteiger charge is 2.18. The van der Waals surface area contributed by atoms with Crippen LogP contribution in [0.3, 0.4) is 0 Å². The highest BCUT2D eigenvalue weighted by Crippen LogP contribution is 2.39. The largest absolute Gasteiger partial charge is 0.470 e. The first-order valence-electron chi connectivity index (χ1n) is 4.72. The van der Waals surface area contributed by atoms with Gasteiger partial charge in [0.1, 0.15) is 0 Å². The molecule has 1 heterocycles. The summed E-state index contributed by atoms with van der Waals surface area (Å²) >= 11 is 0. The minimum atomic E-state index is 0.656. The summed E-state index contributed by atoms with van der Waals surface area (Å²) in [7, 11) is 2.04. The Hall–Kier alpha value is -1.70. The van der Waals surface area contributed by atoms with E-state index in [0.717, 1.165) is 5.75 Å². The van der Waals surface area contributed by atoms with Crippen molar-refractivity contribution in [2.24, 2.45) is 0 Å². The van der Waals surface area contributed by atoms with Crippen LogP contribution in [0.1, 0.15) is 0 Å². The van der Waals surface area contributed by atoms with Gasteiger partial charge in [0.15, 0.2) is 12.5 Å². The van der Waals surface area contributed by atoms with Gasteiger partial charge in [-0.05, 0) is 11.5 Å². The number of hydrogen-bond donors (Lipinski definition) is 0. The van der Waals surface area contributed by atoms with Crippen LogP contribution >= 0.6 is 0 Å². The van der Waals surface area contributed by atoms with E-state index in [1.54, 1.807) is 0 Å². The molecule has 0 saturated heterocycles. The van der Waals surface area contributed by atoms with E-state index in [9.17, 15) is 0 Å². The molecule has 0 aliphatic carbocycles. The van der Waals surface area contributed by atoms with Gasteiger partial charge >= 0.3 is 0 Å². The zero-order valence-corrected chi connectivity index (χ0v) is 8.03. The van der Waals surface area contributed by atoms with E-state index >= 15 is 0 Å². The first kappa shape index (κ1) is 7.68. The van der Waals surface area contributed by atoms with Crippen molar-refractivity contribution < 1.29 is 4.74 Å². The van der Waals surface area contributed by atoms with E-state index in [-0.39, 0.29) is 0 Å². The molecule has 0 amide bonds. The molecule has 2 aromatic rings. The van der Waals surface area contributed by atoms with Crippen LogP contribution in [0.5, 0.6) is 5.75 Å². The Labute approximate surface area is 82.7 Å². The van der Waals surface area contributed by atoms with Crippen LogP contribution in [-0.4, -0.2) is 13.8 Å². The summed E-state index contributed by atoms with van der Waals surface area (Å²) in [6.45, 7) is 0.656. The SMILES string of the molecule is CN1COc2c1ccc1ccccc21. The summed E-state index contributed by atoms with van der Waals surface area (Å²) in [5.41, 5.74) is 1.18. The van der Waals surface area contributed by atoms with Gasteiger partial charge in [-0.15, -0.1) is 0 Å². The van der Waals surface area contributed by atoms with E-state index in [0.29, 0.717) is 6.73 Å². The lowest BCUT2D eigenvalue weighted by Crippen LogP contribution is -2.14. The maximum atomic E-state index is 5.65. The van der Waals surface area contributed by atoms with Crippen molar-refractivity contribution in [2.45, 2.75) is 0 Å². The maximum absolute atomic E-state index is 5.65. The molecule has 0 fully saturated rings. The molecular weight excluding hydrogens is 174 g/mol. The van der Waals surface area contributed by atoms with Crippen LogP contribution in [0.2, 0.25) is 0 Å². The second kappa shape index (κ2) is 2.64. The third kappa shape index (κ3) is 0.909. The van der Waals surface area contributed by atoms with Crippen LogP contribution in [-0.2, 0) is 0 Å². The van der Waals surface area contributed by atoms with Gasteiger partial charge in [0.2, 0.25) is 0 Å². The van der Waals surface area contributed by atoms with Crippen molar-refractivity contribution in [3.05, 3.63) is 36.4 Å². The molecule has 1 aliphatic heterocycles. The first-order chi connectivity index (χ1) is 6.86. The fraction of sp³-hybridized carbons (Fsp3) is 0.167. The Balaban J connectivity index is 2.38. The Morgan fingerprint density at radius 2 is 2.00 bits per heavy atom. The lowest BCUT2D eigenvalue weighted by atomic mass is 10.1. The number of hydrogen-bond acceptors (Lipinski definition) is 2. The molecule has 3 rings (SSSR count). The van der Waals surface area contributed by atoms with Crippen LogP contribution in [0.4, 0.5) is 5.69 Å². The van der Waals surface area contributed by atoms with E-state index < -0.39 is 0 Å². The normalized spacial score (nSPS) is 14.2. The van der Waals surface area contributed by atoms with Crippen LogP contribution < -0.4 is 9.64 Å². The summed E-state index contributed by atoms with van der Waals surface area (Å²) in [4.78, 5) is 2.11. The molecule has 2 heteroatoms. The van der Waals surface area contributed by atoms with Crippen LogP contribution in [0.15, 0.2) is 36.4 Å². The van der Waals surface area contributed by atoms with Gasteiger partial charge < -0.3 is 9.64 Å². The summed E-state index contributed by atoms with van der Waals surface area (Å²) in [5.74, 6) is 1.02. The minimum Gasteiger partial charge on any atom is -0.470 e. The van der Waals surface area contributed by atoms with Crippen molar-refractivity contribution >= 4 is 16.5 Å². The first-order valence-corrected chi connectivity index (χ1v) is 4.72. The fourth-order valence-electron chi connectivity index (χ4n) is 1.91. The Kier molecular flexibility index (Phi) is 1.45. The number of nitrogens with zero attached hydrogens (tertiary/aromatic N) is 1. The molecule has 14 heavy (non-hydrogen) atoms. The van der Waals surface area contributed by atoms with Gasteiger partial charge in [-0.1, -0.05) is 30.3 Å². The molecule has 2 aromatic carbocycles. The van der Waals surface area contributed by atoms with Gasteiger partial charge in [0, 0.05) is 12.4 Å². The van der Waals surface area contributed by atoms with E-state index in [4.69, 9.17) is 4.74 Å². The quantitative estimate of drug-likeness (QED) is 0.625. The molecule has 0 bridgehead atoms. The lowest BCUT2D eigenvalue weighted by Gasteiger charge is -2.07. The topological polar surface area (TPSA) is 12.5 Å². The molecule has 0 spiro atoms. The van der Waals surface area contributed by atoms with Crippen molar-refractivity contribution in [2.75, 3.05) is 18.7 Å². The van der Waals surface area contributed by atoms with Crippen molar-refractivity contribution in [3.63, 3.8) is 0 Å². The second-order valence-corrected chi connectivity index (χ2v) is 3.61. The Morgan fingerprint density at radius 3 is 2.93 bits per heavy atom. The lowest BCUT2D eigenvalue weighted by molar-refractivity contribution is 0.356. The predicted octanol–water partition coefficient (Wildman–Crippen LogP) is 2.63. The third-order valence-corrected chi connectivity index (χ3v) is 2.67. The summed E-state index contributed by atoms with van der Waals surface area (Å²) in [5, 5.41) is 2.44. The number of ether oxygens (including phenoxy) is 1. The van der Waals surface area contributed by atoms with Gasteiger partial charge in [0.05, 0.1) is 5.69 Å². The standard InChI is InChI=1S/C12H11NO/c1-13-8-14-12-10-5-3-2-4-9(10)6-7-11(12)13/h2-7H,8H2,1H3. The zero-order valence-electron chi connectivity index (χ0n) is 8.03. The van der Waals surface area contributed by atoms with Gasteiger partial charge in [-0.25, -0.2) is 0 Å². The maximum Gasteiger partial charge on any atom is 0.161 e. The molecule has 0 saturated carbocycles. The van der Waals surface area contributed by atoms with E-state index in [1.807, 2.05) is 19.2 Å². The minimum absolute atomic E-state index is 0.656. The number of benzene rings is 2. The van der Waals surface area contributed by atoms with E-state index in [1.165, 1.54) is 16.5 Å². The summed E-state index contributed by atoms with van der Waals surface area (Å²) in [6.07, 6.45) is 0. The average molecular weight is 185 g/mol. The van der Waals surface area contributed by atoms with Gasteiger partial charge in [-0.3, -0.25) is 0 Å². The molecule has 0 N–H and O–H groups in total. The number of rotatable bonds is 0. The van der Waals surface area contributed by atoms with Gasteiger partial charge in [-0.2, -0.15) is 0 Å². The van der Waals surface area contributed by atoms with Crippen molar-refractivity contribution in [3.8, 4) is 5.75 Å². The van der Waals surface area contributed by atoms with E-state index in [2.05, 4.69) is 29.2 Å². The molecule has 0 unspecified atom stereocenters.